The first-order valence-corrected chi connectivity index (χ1v) is 10.0. The maximum Gasteiger partial charge on any atom is 0.259 e. The van der Waals surface area contributed by atoms with Gasteiger partial charge in [-0.05, 0) is 38.4 Å². The van der Waals surface area contributed by atoms with Crippen molar-refractivity contribution in [2.75, 3.05) is 13.1 Å². The number of alkyl halides is 1. The predicted molar refractivity (Wildman–Crippen MR) is 106 cm³/mol. The zero-order chi connectivity index (χ0) is 19.4. The second kappa shape index (κ2) is 6.46. The molecule has 1 fully saturated rings. The Morgan fingerprint density at radius 1 is 1.21 bits per heavy atom. The molecule has 0 spiro atoms. The highest BCUT2D eigenvalue weighted by molar-refractivity contribution is 7.17. The van der Waals surface area contributed by atoms with Crippen molar-refractivity contribution >= 4 is 21.9 Å². The Hall–Kier alpha value is -2.65. The first kappa shape index (κ1) is 17.4. The van der Waals surface area contributed by atoms with Gasteiger partial charge < -0.3 is 5.32 Å². The summed E-state index contributed by atoms with van der Waals surface area (Å²) in [5.41, 5.74) is 3.56. The molecule has 28 heavy (non-hydrogen) atoms. The molecule has 1 aliphatic heterocycles. The first-order chi connectivity index (χ1) is 13.5. The van der Waals surface area contributed by atoms with Crippen LogP contribution in [0.2, 0.25) is 0 Å². The van der Waals surface area contributed by atoms with Crippen LogP contribution in [0.15, 0.2) is 29.3 Å². The average molecular weight is 398 g/mol. The molecule has 0 saturated carbocycles. The summed E-state index contributed by atoms with van der Waals surface area (Å²) in [6, 6.07) is 3.37. The number of hydrogen-bond donors (Lipinski definition) is 1. The van der Waals surface area contributed by atoms with Gasteiger partial charge in [-0.25, -0.2) is 18.9 Å². The van der Waals surface area contributed by atoms with E-state index in [1.807, 2.05) is 26.1 Å². The Labute approximate surface area is 163 Å². The Kier molecular flexibility index (Phi) is 4.02. The molecule has 9 heteroatoms. The second-order valence-corrected chi connectivity index (χ2v) is 8.28. The van der Waals surface area contributed by atoms with Crippen LogP contribution < -0.4 is 10.9 Å². The van der Waals surface area contributed by atoms with Crippen molar-refractivity contribution in [2.45, 2.75) is 32.4 Å². The van der Waals surface area contributed by atoms with Crippen molar-refractivity contribution in [1.29, 1.82) is 0 Å². The predicted octanol–water partition coefficient (Wildman–Crippen LogP) is 2.50. The molecule has 0 radical (unpaired) electrons. The lowest BCUT2D eigenvalue weighted by Crippen LogP contribution is -2.36. The Bertz CT molecular complexity index is 1260. The summed E-state index contributed by atoms with van der Waals surface area (Å²) in [5.74, 6) is -0.193. The van der Waals surface area contributed by atoms with E-state index >= 15 is 0 Å². The zero-order valence-electron chi connectivity index (χ0n) is 15.5. The fourth-order valence-corrected chi connectivity index (χ4v) is 4.90. The second-order valence-electron chi connectivity index (χ2n) is 7.24. The van der Waals surface area contributed by atoms with Crippen molar-refractivity contribution in [1.82, 2.24) is 29.3 Å². The van der Waals surface area contributed by atoms with Crippen LogP contribution >= 0.6 is 11.3 Å². The van der Waals surface area contributed by atoms with Gasteiger partial charge in [0.2, 0.25) is 0 Å². The van der Waals surface area contributed by atoms with Crippen LogP contribution in [0.3, 0.4) is 0 Å². The highest BCUT2D eigenvalue weighted by Crippen LogP contribution is 2.32. The van der Waals surface area contributed by atoms with Gasteiger partial charge in [0, 0.05) is 29.6 Å². The van der Waals surface area contributed by atoms with Gasteiger partial charge in [0.25, 0.3) is 5.56 Å². The monoisotopic (exact) mass is 398 g/mol. The van der Waals surface area contributed by atoms with E-state index in [0.29, 0.717) is 29.3 Å². The molecule has 1 saturated heterocycles. The van der Waals surface area contributed by atoms with E-state index in [-0.39, 0.29) is 11.5 Å². The smallest absolute Gasteiger partial charge is 0.259 e. The highest BCUT2D eigenvalue weighted by Gasteiger charge is 2.28. The maximum absolute atomic E-state index is 14.3. The number of imidazole rings is 1. The molecule has 2 atom stereocenters. The number of piperidine rings is 1. The standard InChI is InChI=1S/C19H19FN6OS/c1-10-5-15(24-26-8-11(2)22-18(10)26)14-6-17(27)25-9-16(28-19(25)23-14)12-3-4-21-7-13(12)20/h5-6,8-9,12-13,21H,3-4,7H2,1-2H3/t12-,13-/m1/s1. The average Bonchev–Trinajstić information content (AvgIpc) is 3.25. The van der Waals surface area contributed by atoms with Crippen LogP contribution in [0, 0.1) is 13.8 Å². The number of nitrogens with zero attached hydrogens (tertiary/aromatic N) is 5. The Morgan fingerprint density at radius 2 is 2.07 bits per heavy atom. The SMILES string of the molecule is Cc1cn2nc(-c3cc(=O)n4cc([C@@H]5CCNC[C@H]5F)sc4n3)cc(C)c2n1. The third kappa shape index (κ3) is 2.82. The summed E-state index contributed by atoms with van der Waals surface area (Å²) < 4.78 is 17.5. The van der Waals surface area contributed by atoms with Crippen LogP contribution in [0.25, 0.3) is 22.0 Å². The number of hydrogen-bond acceptors (Lipinski definition) is 6. The van der Waals surface area contributed by atoms with E-state index in [9.17, 15) is 9.18 Å². The molecule has 0 unspecified atom stereocenters. The maximum atomic E-state index is 14.3. The first-order valence-electron chi connectivity index (χ1n) is 9.21. The number of aryl methyl sites for hydroxylation is 2. The molecule has 1 aliphatic rings. The molecule has 5 rings (SSSR count). The molecular formula is C19H19FN6OS. The molecular weight excluding hydrogens is 379 g/mol. The van der Waals surface area contributed by atoms with E-state index in [1.165, 1.54) is 21.8 Å². The largest absolute Gasteiger partial charge is 0.314 e. The minimum Gasteiger partial charge on any atom is -0.314 e. The van der Waals surface area contributed by atoms with Crippen molar-refractivity contribution in [3.05, 3.63) is 51.0 Å². The van der Waals surface area contributed by atoms with Gasteiger partial charge >= 0.3 is 0 Å². The number of halogens is 1. The van der Waals surface area contributed by atoms with Gasteiger partial charge in [-0.2, -0.15) is 5.10 Å². The summed E-state index contributed by atoms with van der Waals surface area (Å²) in [7, 11) is 0. The molecule has 1 N–H and O–H groups in total. The third-order valence-corrected chi connectivity index (χ3v) is 6.27. The van der Waals surface area contributed by atoms with Gasteiger partial charge in [0.05, 0.1) is 17.6 Å². The number of nitrogens with one attached hydrogen (secondary N) is 1. The van der Waals surface area contributed by atoms with E-state index in [1.54, 1.807) is 10.7 Å². The molecule has 4 aromatic heterocycles. The third-order valence-electron chi connectivity index (χ3n) is 5.15. The minimum absolute atomic E-state index is 0.187. The molecule has 144 valence electrons. The fraction of sp³-hybridized carbons (Fsp3) is 0.368. The van der Waals surface area contributed by atoms with Gasteiger partial charge in [0.15, 0.2) is 10.6 Å². The number of aromatic nitrogens is 5. The van der Waals surface area contributed by atoms with E-state index in [4.69, 9.17) is 0 Å². The molecule has 0 amide bonds. The van der Waals surface area contributed by atoms with E-state index < -0.39 is 6.17 Å². The van der Waals surface area contributed by atoms with E-state index in [2.05, 4.69) is 20.4 Å². The summed E-state index contributed by atoms with van der Waals surface area (Å²) in [5, 5.41) is 7.62. The molecule has 4 aromatic rings. The molecule has 0 aromatic carbocycles. The van der Waals surface area contributed by atoms with Crippen LogP contribution in [0.4, 0.5) is 4.39 Å². The summed E-state index contributed by atoms with van der Waals surface area (Å²) in [6.45, 7) is 5.00. The van der Waals surface area contributed by atoms with Gasteiger partial charge in [-0.15, -0.1) is 11.3 Å². The van der Waals surface area contributed by atoms with Gasteiger partial charge in [-0.1, -0.05) is 0 Å². The molecule has 0 bridgehead atoms. The molecule has 5 heterocycles. The minimum atomic E-state index is -0.951. The van der Waals surface area contributed by atoms with Crippen molar-refractivity contribution in [2.24, 2.45) is 0 Å². The van der Waals surface area contributed by atoms with Crippen LogP contribution in [0.5, 0.6) is 0 Å². The van der Waals surface area contributed by atoms with E-state index in [0.717, 1.165) is 28.3 Å². The fourth-order valence-electron chi connectivity index (χ4n) is 3.73. The van der Waals surface area contributed by atoms with Crippen molar-refractivity contribution < 1.29 is 4.39 Å². The van der Waals surface area contributed by atoms with Crippen LogP contribution in [0.1, 0.15) is 28.5 Å². The topological polar surface area (TPSA) is 76.6 Å². The van der Waals surface area contributed by atoms with Crippen LogP contribution in [-0.4, -0.2) is 43.2 Å². The normalized spacial score (nSPS) is 20.2. The summed E-state index contributed by atoms with van der Waals surface area (Å²) in [6.07, 6.45) is 3.35. The Balaban J connectivity index is 1.62. The lowest BCUT2D eigenvalue weighted by Gasteiger charge is -2.25. The zero-order valence-corrected chi connectivity index (χ0v) is 16.3. The summed E-state index contributed by atoms with van der Waals surface area (Å²) in [4.78, 5) is 23.2. The Morgan fingerprint density at radius 3 is 2.89 bits per heavy atom. The lowest BCUT2D eigenvalue weighted by atomic mass is 9.95. The highest BCUT2D eigenvalue weighted by atomic mass is 32.1. The lowest BCUT2D eigenvalue weighted by molar-refractivity contribution is 0.233. The number of rotatable bonds is 2. The van der Waals surface area contributed by atoms with Gasteiger partial charge in [-0.3, -0.25) is 9.20 Å². The quantitative estimate of drug-likeness (QED) is 0.561. The van der Waals surface area contributed by atoms with Gasteiger partial charge in [0.1, 0.15) is 11.9 Å². The molecule has 0 aliphatic carbocycles. The molecule has 7 nitrogen and oxygen atoms in total. The number of fused-ring (bicyclic) bond motifs is 2. The number of thiazole rings is 1. The van der Waals surface area contributed by atoms with Crippen LogP contribution in [-0.2, 0) is 0 Å². The van der Waals surface area contributed by atoms with Crippen molar-refractivity contribution in [3.63, 3.8) is 0 Å². The van der Waals surface area contributed by atoms with Crippen molar-refractivity contribution in [3.8, 4) is 11.4 Å². The summed E-state index contributed by atoms with van der Waals surface area (Å²) >= 11 is 1.38.